The minimum absolute atomic E-state index is 0.00113. The fourth-order valence-electron chi connectivity index (χ4n) is 3.80. The summed E-state index contributed by atoms with van der Waals surface area (Å²) < 4.78 is 72.1. The van der Waals surface area contributed by atoms with Crippen LogP contribution in [0.25, 0.3) is 11.0 Å². The number of rotatable bonds is 7. The second-order valence-corrected chi connectivity index (χ2v) is 9.82. The van der Waals surface area contributed by atoms with Crippen molar-refractivity contribution in [3.8, 4) is 0 Å². The summed E-state index contributed by atoms with van der Waals surface area (Å²) in [5.41, 5.74) is -0.264. The van der Waals surface area contributed by atoms with Gasteiger partial charge in [-0.15, -0.1) is 0 Å². The number of likely N-dealkylation sites (tertiary alicyclic amines) is 1. The molecule has 11 heteroatoms. The van der Waals surface area contributed by atoms with Gasteiger partial charge in [0.15, 0.2) is 5.58 Å². The molecule has 172 valence electrons. The first-order valence-corrected chi connectivity index (χ1v) is 11.8. The molecule has 1 fully saturated rings. The Morgan fingerprint density at radius 1 is 1.12 bits per heavy atom. The molecule has 0 spiro atoms. The van der Waals surface area contributed by atoms with Crippen molar-refractivity contribution in [2.75, 3.05) is 35.3 Å². The van der Waals surface area contributed by atoms with Gasteiger partial charge in [-0.3, -0.25) is 0 Å². The minimum atomic E-state index is -4.85. The number of fused-ring (bicyclic) bond motifs is 1. The van der Waals surface area contributed by atoms with Crippen molar-refractivity contribution < 1.29 is 26.0 Å². The third-order valence-electron chi connectivity index (χ3n) is 5.36. The molecule has 0 unspecified atom stereocenters. The molecule has 0 atom stereocenters. The fourth-order valence-corrected chi connectivity index (χ4v) is 5.39. The maximum atomic E-state index is 13.4. The van der Waals surface area contributed by atoms with Crippen LogP contribution in [0.15, 0.2) is 58.0 Å². The van der Waals surface area contributed by atoms with E-state index in [2.05, 4.69) is 10.2 Å². The Hall–Kier alpha value is -2.43. The zero-order valence-corrected chi connectivity index (χ0v) is 18.5. The molecular formula is C21H21ClF3N3O3S. The van der Waals surface area contributed by atoms with Crippen molar-refractivity contribution in [3.05, 3.63) is 54.3 Å². The first-order chi connectivity index (χ1) is 15.2. The zero-order valence-electron chi connectivity index (χ0n) is 16.9. The van der Waals surface area contributed by atoms with Gasteiger partial charge < -0.3 is 14.6 Å². The van der Waals surface area contributed by atoms with E-state index >= 15 is 0 Å². The largest absolute Gasteiger partial charge is 0.462 e. The van der Waals surface area contributed by atoms with Crippen molar-refractivity contribution in [2.24, 2.45) is 0 Å². The van der Waals surface area contributed by atoms with Crippen LogP contribution in [0.4, 0.5) is 24.5 Å². The summed E-state index contributed by atoms with van der Waals surface area (Å²) in [5, 5.41) is 3.79. The number of hydrogen-bond donors (Lipinski definition) is 1. The highest BCUT2D eigenvalue weighted by molar-refractivity contribution is 7.94. The normalized spacial score (nSPS) is 15.4. The lowest BCUT2D eigenvalue weighted by Crippen LogP contribution is -2.26. The maximum Gasteiger partial charge on any atom is 0.417 e. The Balaban J connectivity index is 1.65. The van der Waals surface area contributed by atoms with Gasteiger partial charge in [-0.05, 0) is 56.3 Å². The predicted molar refractivity (Wildman–Crippen MR) is 117 cm³/mol. The summed E-state index contributed by atoms with van der Waals surface area (Å²) in [4.78, 5) is 1.39. The quantitative estimate of drug-likeness (QED) is 0.458. The summed E-state index contributed by atoms with van der Waals surface area (Å²) in [6.45, 7) is 3.45. The van der Waals surface area contributed by atoms with E-state index in [1.807, 2.05) is 0 Å². The molecule has 1 aromatic heterocycles. The molecule has 2 aromatic carbocycles. The Morgan fingerprint density at radius 2 is 1.84 bits per heavy atom. The molecule has 6 nitrogen and oxygen atoms in total. The number of halogens is 4. The van der Waals surface area contributed by atoms with E-state index in [4.69, 9.17) is 16.2 Å². The van der Waals surface area contributed by atoms with E-state index in [9.17, 15) is 21.6 Å². The predicted octanol–water partition coefficient (Wildman–Crippen LogP) is 5.31. The lowest BCUT2D eigenvalue weighted by atomic mass is 10.2. The molecule has 0 radical (unpaired) electrons. The van der Waals surface area contributed by atoms with Crippen LogP contribution in [-0.2, 0) is 16.2 Å². The van der Waals surface area contributed by atoms with Crippen LogP contribution >= 0.6 is 11.8 Å². The van der Waals surface area contributed by atoms with Gasteiger partial charge in [0.25, 0.3) is 10.0 Å². The molecule has 2 heterocycles. The van der Waals surface area contributed by atoms with E-state index in [1.165, 1.54) is 24.5 Å². The SMILES string of the molecule is O=S(=O)(c1ccccc1C(F)(F)F)N(Cl)c1cc(NCCN2CCCC2)c2occc2c1. The highest BCUT2D eigenvalue weighted by Crippen LogP contribution is 2.38. The van der Waals surface area contributed by atoms with Crippen LogP contribution in [0.2, 0.25) is 0 Å². The van der Waals surface area contributed by atoms with Gasteiger partial charge in [-0.25, -0.2) is 0 Å². The van der Waals surface area contributed by atoms with Crippen LogP contribution in [0, 0.1) is 0 Å². The van der Waals surface area contributed by atoms with E-state index in [0.717, 1.165) is 44.6 Å². The smallest absolute Gasteiger partial charge is 0.417 e. The second-order valence-electron chi connectivity index (χ2n) is 7.52. The minimum Gasteiger partial charge on any atom is -0.462 e. The number of nitrogens with one attached hydrogen (secondary N) is 1. The second kappa shape index (κ2) is 8.84. The highest BCUT2D eigenvalue weighted by Gasteiger charge is 2.39. The molecule has 1 aliphatic heterocycles. The monoisotopic (exact) mass is 487 g/mol. The number of sulfonamides is 1. The molecule has 0 aliphatic carbocycles. The van der Waals surface area contributed by atoms with E-state index < -0.39 is 26.7 Å². The molecule has 1 aliphatic rings. The van der Waals surface area contributed by atoms with Gasteiger partial charge in [0.05, 0.1) is 23.2 Å². The first-order valence-electron chi connectivity index (χ1n) is 10.0. The van der Waals surface area contributed by atoms with Crippen LogP contribution in [0.5, 0.6) is 0 Å². The Labute approximate surface area is 188 Å². The van der Waals surface area contributed by atoms with Crippen molar-refractivity contribution in [1.82, 2.24) is 4.90 Å². The molecule has 3 aromatic rings. The highest BCUT2D eigenvalue weighted by atomic mass is 35.5. The van der Waals surface area contributed by atoms with Crippen LogP contribution in [-0.4, -0.2) is 39.5 Å². The lowest BCUT2D eigenvalue weighted by Gasteiger charge is -2.20. The Kier molecular flexibility index (Phi) is 6.28. The summed E-state index contributed by atoms with van der Waals surface area (Å²) in [6, 6.07) is 8.48. The summed E-state index contributed by atoms with van der Waals surface area (Å²) >= 11 is 6.14. The number of furan rings is 1. The standard InChI is InChI=1S/C21H21ClF3N3O3S/c22-28(32(29,30)19-6-2-1-5-17(19)21(23,24)25)16-13-15-7-12-31-20(15)18(14-16)26-8-11-27-9-3-4-10-27/h1-2,5-7,12-14,26H,3-4,8-11H2. The average molecular weight is 488 g/mol. The maximum absolute atomic E-state index is 13.4. The molecule has 0 saturated carbocycles. The van der Waals surface area contributed by atoms with Crippen molar-refractivity contribution >= 4 is 44.1 Å². The number of hydrogen-bond acceptors (Lipinski definition) is 5. The zero-order chi connectivity index (χ0) is 22.9. The average Bonchev–Trinajstić information content (AvgIpc) is 3.44. The Morgan fingerprint density at radius 3 is 2.56 bits per heavy atom. The van der Waals surface area contributed by atoms with Crippen molar-refractivity contribution in [1.29, 1.82) is 0 Å². The molecule has 1 saturated heterocycles. The molecule has 4 rings (SSSR count). The molecule has 1 N–H and O–H groups in total. The van der Waals surface area contributed by atoms with Crippen LogP contribution in [0.1, 0.15) is 18.4 Å². The van der Waals surface area contributed by atoms with Crippen molar-refractivity contribution in [3.63, 3.8) is 0 Å². The third-order valence-corrected chi connectivity index (χ3v) is 7.65. The summed E-state index contributed by atoms with van der Waals surface area (Å²) in [5.74, 6) is 0. The van der Waals surface area contributed by atoms with Gasteiger partial charge in [0, 0.05) is 30.3 Å². The summed E-state index contributed by atoms with van der Waals surface area (Å²) in [6.07, 6.45) is -1.07. The number of benzene rings is 2. The third kappa shape index (κ3) is 4.53. The topological polar surface area (TPSA) is 65.8 Å². The fraction of sp³-hybridized carbons (Fsp3) is 0.333. The number of nitrogens with zero attached hydrogens (tertiary/aromatic N) is 2. The molecule has 0 amide bonds. The van der Waals surface area contributed by atoms with Gasteiger partial charge in [0.2, 0.25) is 0 Å². The van der Waals surface area contributed by atoms with E-state index in [1.54, 1.807) is 6.07 Å². The lowest BCUT2D eigenvalue weighted by molar-refractivity contribution is -0.139. The molecular weight excluding hydrogens is 467 g/mol. The van der Waals surface area contributed by atoms with E-state index in [-0.39, 0.29) is 5.69 Å². The van der Waals surface area contributed by atoms with E-state index in [0.29, 0.717) is 33.1 Å². The van der Waals surface area contributed by atoms with Crippen LogP contribution in [0.3, 0.4) is 0 Å². The van der Waals surface area contributed by atoms with Gasteiger partial charge >= 0.3 is 6.18 Å². The van der Waals surface area contributed by atoms with Gasteiger partial charge in [-0.2, -0.15) is 25.4 Å². The van der Waals surface area contributed by atoms with Gasteiger partial charge in [0.1, 0.15) is 4.90 Å². The first kappa shape index (κ1) is 22.8. The number of anilines is 2. The number of alkyl halides is 3. The summed E-state index contributed by atoms with van der Waals surface area (Å²) in [7, 11) is -4.70. The van der Waals surface area contributed by atoms with Gasteiger partial charge in [-0.1, -0.05) is 12.1 Å². The van der Waals surface area contributed by atoms with Crippen molar-refractivity contribution in [2.45, 2.75) is 23.9 Å². The Bertz CT molecular complexity index is 1210. The van der Waals surface area contributed by atoms with Crippen LogP contribution < -0.4 is 9.14 Å². The molecule has 32 heavy (non-hydrogen) atoms. The molecule has 0 bridgehead atoms.